The van der Waals surface area contributed by atoms with Crippen molar-refractivity contribution in [2.24, 2.45) is 0 Å². The second-order valence-electron chi connectivity index (χ2n) is 5.74. The molecule has 26 heavy (non-hydrogen) atoms. The van der Waals surface area contributed by atoms with Crippen LogP contribution in [0.5, 0.6) is 0 Å². The van der Waals surface area contributed by atoms with Crippen molar-refractivity contribution in [3.63, 3.8) is 0 Å². The Kier molecular flexibility index (Phi) is 6.75. The number of anilines is 1. The highest BCUT2D eigenvalue weighted by Crippen LogP contribution is 2.26. The molecule has 1 heterocycles. The van der Waals surface area contributed by atoms with Gasteiger partial charge in [-0.15, -0.1) is 23.5 Å². The summed E-state index contributed by atoms with van der Waals surface area (Å²) in [6.45, 7) is 1.92. The molecule has 1 aromatic heterocycles. The van der Waals surface area contributed by atoms with Gasteiger partial charge in [0.25, 0.3) is 0 Å². The zero-order valence-electron chi connectivity index (χ0n) is 14.5. The summed E-state index contributed by atoms with van der Waals surface area (Å²) < 4.78 is 0. The topological polar surface area (TPSA) is 42.0 Å². The Morgan fingerprint density at radius 2 is 1.77 bits per heavy atom. The largest absolute Gasteiger partial charge is 0.325 e. The number of carbonyl (C=O) groups excluding carboxylic acids is 1. The first-order valence-corrected chi connectivity index (χ1v) is 10.2. The minimum Gasteiger partial charge on any atom is -0.325 e. The van der Waals surface area contributed by atoms with Crippen molar-refractivity contribution in [1.29, 1.82) is 0 Å². The van der Waals surface area contributed by atoms with E-state index in [1.165, 1.54) is 10.5 Å². The highest BCUT2D eigenvalue weighted by molar-refractivity contribution is 8.00. The molecule has 0 spiro atoms. The number of thioether (sulfide) groups is 2. The van der Waals surface area contributed by atoms with Crippen LogP contribution in [0.25, 0.3) is 0 Å². The third-order valence-corrected chi connectivity index (χ3v) is 5.87. The van der Waals surface area contributed by atoms with Crippen LogP contribution in [0, 0.1) is 0 Å². The number of pyridine rings is 1. The Hall–Kier alpha value is -2.24. The van der Waals surface area contributed by atoms with Crippen LogP contribution in [0.1, 0.15) is 12.5 Å². The lowest BCUT2D eigenvalue weighted by Gasteiger charge is -2.12. The van der Waals surface area contributed by atoms with Gasteiger partial charge in [0.15, 0.2) is 0 Å². The van der Waals surface area contributed by atoms with Gasteiger partial charge in [-0.2, -0.15) is 0 Å². The van der Waals surface area contributed by atoms with E-state index in [9.17, 15) is 4.79 Å². The molecule has 5 heteroatoms. The minimum absolute atomic E-state index is 0.00890. The average molecular weight is 381 g/mol. The second-order valence-corrected chi connectivity index (χ2v) is 8.20. The lowest BCUT2D eigenvalue weighted by atomic mass is 10.3. The first-order valence-electron chi connectivity index (χ1n) is 8.35. The molecule has 0 aliphatic heterocycles. The van der Waals surface area contributed by atoms with Crippen LogP contribution in [0.15, 0.2) is 88.9 Å². The summed E-state index contributed by atoms with van der Waals surface area (Å²) in [5.74, 6) is 0.888. The highest BCUT2D eigenvalue weighted by atomic mass is 32.2. The molecule has 0 fully saturated rings. The summed E-state index contributed by atoms with van der Waals surface area (Å²) in [4.78, 5) is 18.8. The van der Waals surface area contributed by atoms with Gasteiger partial charge in [-0.05, 0) is 55.0 Å². The van der Waals surface area contributed by atoms with Crippen LogP contribution in [0.4, 0.5) is 5.69 Å². The lowest BCUT2D eigenvalue weighted by Crippen LogP contribution is -2.22. The van der Waals surface area contributed by atoms with Crippen LogP contribution in [0.2, 0.25) is 0 Å². The van der Waals surface area contributed by atoms with Crippen molar-refractivity contribution in [2.75, 3.05) is 5.32 Å². The fraction of sp³-hybridized carbons (Fsp3) is 0.143. The van der Waals surface area contributed by atoms with Gasteiger partial charge in [0.05, 0.1) is 5.25 Å². The van der Waals surface area contributed by atoms with Gasteiger partial charge >= 0.3 is 0 Å². The first kappa shape index (κ1) is 18.5. The van der Waals surface area contributed by atoms with Crippen LogP contribution >= 0.6 is 23.5 Å². The van der Waals surface area contributed by atoms with E-state index in [0.717, 1.165) is 16.3 Å². The molecule has 1 unspecified atom stereocenters. The molecule has 3 nitrogen and oxygen atoms in total. The summed E-state index contributed by atoms with van der Waals surface area (Å²) in [5.41, 5.74) is 2.02. The predicted molar refractivity (Wildman–Crippen MR) is 111 cm³/mol. The smallest absolute Gasteiger partial charge is 0.237 e. The third kappa shape index (κ3) is 5.64. The summed E-state index contributed by atoms with van der Waals surface area (Å²) >= 11 is 3.31. The maximum absolute atomic E-state index is 12.4. The van der Waals surface area contributed by atoms with E-state index in [1.54, 1.807) is 29.7 Å². The van der Waals surface area contributed by atoms with Crippen molar-refractivity contribution in [3.05, 3.63) is 84.7 Å². The molecule has 132 valence electrons. The molecule has 0 aliphatic rings. The molecule has 3 aromatic rings. The number of hydrogen-bond donors (Lipinski definition) is 1. The van der Waals surface area contributed by atoms with E-state index in [4.69, 9.17) is 0 Å². The fourth-order valence-corrected chi connectivity index (χ4v) is 4.01. The number of benzene rings is 2. The van der Waals surface area contributed by atoms with Crippen LogP contribution < -0.4 is 5.32 Å². The molecular formula is C21H20N2OS2. The molecule has 0 bridgehead atoms. The van der Waals surface area contributed by atoms with E-state index in [1.807, 2.05) is 73.8 Å². The Labute approximate surface area is 162 Å². The summed E-state index contributed by atoms with van der Waals surface area (Å²) in [6, 6.07) is 21.9. The molecule has 2 aromatic carbocycles. The van der Waals surface area contributed by atoms with E-state index in [0.29, 0.717) is 0 Å². The standard InChI is InChI=1S/C21H20N2OS2/c1-16(26-20-7-3-2-4-8-20)21(24)23-18-9-11-19(12-10-18)25-15-17-6-5-13-22-14-17/h2-14,16H,15H2,1H3,(H,23,24). The van der Waals surface area contributed by atoms with Crippen molar-refractivity contribution < 1.29 is 4.79 Å². The summed E-state index contributed by atoms with van der Waals surface area (Å²) in [6.07, 6.45) is 3.66. The average Bonchev–Trinajstić information content (AvgIpc) is 2.69. The van der Waals surface area contributed by atoms with Gasteiger partial charge in [-0.25, -0.2) is 0 Å². The van der Waals surface area contributed by atoms with Gasteiger partial charge in [0.2, 0.25) is 5.91 Å². The number of hydrogen-bond acceptors (Lipinski definition) is 4. The quantitative estimate of drug-likeness (QED) is 0.550. The van der Waals surface area contributed by atoms with Crippen LogP contribution in [-0.4, -0.2) is 16.1 Å². The fourth-order valence-electron chi connectivity index (χ4n) is 2.29. The van der Waals surface area contributed by atoms with Crippen molar-refractivity contribution in [2.45, 2.75) is 27.7 Å². The first-order chi connectivity index (χ1) is 12.7. The molecule has 1 N–H and O–H groups in total. The molecule has 0 saturated carbocycles. The minimum atomic E-state index is -0.156. The molecule has 0 radical (unpaired) electrons. The highest BCUT2D eigenvalue weighted by Gasteiger charge is 2.14. The van der Waals surface area contributed by atoms with Gasteiger partial charge in [0, 0.05) is 33.6 Å². The molecule has 1 atom stereocenters. The Morgan fingerprint density at radius 1 is 1.00 bits per heavy atom. The second kappa shape index (κ2) is 9.46. The Bertz CT molecular complexity index is 824. The Balaban J connectivity index is 1.51. The monoisotopic (exact) mass is 380 g/mol. The molecular weight excluding hydrogens is 360 g/mol. The van der Waals surface area contributed by atoms with Gasteiger partial charge in [-0.3, -0.25) is 9.78 Å². The number of nitrogens with zero attached hydrogens (tertiary/aromatic N) is 1. The van der Waals surface area contributed by atoms with E-state index >= 15 is 0 Å². The molecule has 0 aliphatic carbocycles. The molecule has 3 rings (SSSR count). The normalized spacial score (nSPS) is 11.7. The lowest BCUT2D eigenvalue weighted by molar-refractivity contribution is -0.115. The zero-order chi connectivity index (χ0) is 18.2. The van der Waals surface area contributed by atoms with E-state index < -0.39 is 0 Å². The SMILES string of the molecule is CC(Sc1ccccc1)C(=O)Nc1ccc(SCc2cccnc2)cc1. The van der Waals surface area contributed by atoms with Crippen molar-refractivity contribution in [3.8, 4) is 0 Å². The van der Waals surface area contributed by atoms with Crippen molar-refractivity contribution in [1.82, 2.24) is 4.98 Å². The van der Waals surface area contributed by atoms with Crippen LogP contribution in [-0.2, 0) is 10.5 Å². The number of aromatic nitrogens is 1. The van der Waals surface area contributed by atoms with Crippen LogP contribution in [0.3, 0.4) is 0 Å². The molecule has 0 saturated heterocycles. The number of carbonyl (C=O) groups is 1. The maximum atomic E-state index is 12.4. The van der Waals surface area contributed by atoms with E-state index in [2.05, 4.69) is 16.4 Å². The third-order valence-electron chi connectivity index (χ3n) is 3.68. The zero-order valence-corrected chi connectivity index (χ0v) is 16.1. The summed E-state index contributed by atoms with van der Waals surface area (Å²) in [5, 5.41) is 2.83. The number of amides is 1. The number of nitrogens with one attached hydrogen (secondary N) is 1. The van der Waals surface area contributed by atoms with Gasteiger partial charge in [0.1, 0.15) is 0 Å². The molecule has 1 amide bonds. The Morgan fingerprint density at radius 3 is 2.46 bits per heavy atom. The summed E-state index contributed by atoms with van der Waals surface area (Å²) in [7, 11) is 0. The van der Waals surface area contributed by atoms with Gasteiger partial charge in [-0.1, -0.05) is 24.3 Å². The maximum Gasteiger partial charge on any atom is 0.237 e. The van der Waals surface area contributed by atoms with E-state index in [-0.39, 0.29) is 11.2 Å². The van der Waals surface area contributed by atoms with Crippen molar-refractivity contribution >= 4 is 35.1 Å². The van der Waals surface area contributed by atoms with Gasteiger partial charge < -0.3 is 5.32 Å². The number of rotatable bonds is 7. The predicted octanol–water partition coefficient (Wildman–Crippen LogP) is 5.49.